The van der Waals surface area contributed by atoms with Crippen LogP contribution in [0.2, 0.25) is 0 Å². The number of carbonyl (C=O) groups is 1. The number of aromatic nitrogens is 4. The molecule has 0 spiro atoms. The largest absolute Gasteiger partial charge is 0.496 e. The van der Waals surface area contributed by atoms with Gasteiger partial charge in [-0.2, -0.15) is 0 Å². The summed E-state index contributed by atoms with van der Waals surface area (Å²) in [4.78, 5) is 27.4. The van der Waals surface area contributed by atoms with Crippen LogP contribution >= 0.6 is 0 Å². The molecule has 1 aliphatic heterocycles. The SMILES string of the molecule is COc1cc(=O)n(-c2ccccc2)cc1C(=O)N1CC(n2cc(COc3ccccc3)nn2)C1. The van der Waals surface area contributed by atoms with Crippen LogP contribution in [0, 0.1) is 0 Å². The Bertz CT molecular complexity index is 1340. The van der Waals surface area contributed by atoms with E-state index in [4.69, 9.17) is 9.47 Å². The summed E-state index contributed by atoms with van der Waals surface area (Å²) in [5.41, 5.74) is 1.46. The van der Waals surface area contributed by atoms with Gasteiger partial charge in [0.25, 0.3) is 11.5 Å². The average Bonchev–Trinajstić information content (AvgIpc) is 3.31. The Morgan fingerprint density at radius 1 is 1.03 bits per heavy atom. The summed E-state index contributed by atoms with van der Waals surface area (Å²) >= 11 is 0. The molecule has 9 nitrogen and oxygen atoms in total. The lowest BCUT2D eigenvalue weighted by molar-refractivity contribution is 0.0494. The smallest absolute Gasteiger partial charge is 0.259 e. The molecule has 0 aliphatic carbocycles. The van der Waals surface area contributed by atoms with Crippen molar-refractivity contribution >= 4 is 5.91 Å². The second-order valence-electron chi connectivity index (χ2n) is 7.95. The lowest BCUT2D eigenvalue weighted by atomic mass is 10.1. The molecule has 4 aromatic rings. The van der Waals surface area contributed by atoms with Crippen molar-refractivity contribution in [1.29, 1.82) is 0 Å². The third kappa shape index (κ3) is 4.27. The molecule has 0 N–H and O–H groups in total. The van der Waals surface area contributed by atoms with Crippen LogP contribution in [0.5, 0.6) is 11.5 Å². The highest BCUT2D eigenvalue weighted by atomic mass is 16.5. The van der Waals surface area contributed by atoms with Crippen LogP contribution in [0.1, 0.15) is 22.1 Å². The van der Waals surface area contributed by atoms with Gasteiger partial charge in [0.15, 0.2) is 0 Å². The van der Waals surface area contributed by atoms with Crippen LogP contribution in [0.3, 0.4) is 0 Å². The zero-order valence-electron chi connectivity index (χ0n) is 18.6. The van der Waals surface area contributed by atoms with Gasteiger partial charge < -0.3 is 14.4 Å². The van der Waals surface area contributed by atoms with Gasteiger partial charge in [-0.05, 0) is 24.3 Å². The molecule has 0 atom stereocenters. The van der Waals surface area contributed by atoms with Crippen molar-refractivity contribution in [2.75, 3.05) is 20.2 Å². The molecule has 2 aromatic heterocycles. The van der Waals surface area contributed by atoms with E-state index in [1.165, 1.54) is 17.7 Å². The highest BCUT2D eigenvalue weighted by Gasteiger charge is 2.35. The highest BCUT2D eigenvalue weighted by Crippen LogP contribution is 2.26. The van der Waals surface area contributed by atoms with Crippen LogP contribution in [-0.4, -0.2) is 50.6 Å². The standard InChI is InChI=1S/C25H23N5O4/c1-33-23-12-24(31)29(19-8-4-2-5-9-19)16-22(23)25(32)28-14-20(15-28)30-13-18(26-27-30)17-34-21-10-6-3-7-11-21/h2-13,16,20H,14-15,17H2,1H3. The van der Waals surface area contributed by atoms with E-state index < -0.39 is 0 Å². The van der Waals surface area contributed by atoms with Gasteiger partial charge in [-0.1, -0.05) is 41.6 Å². The minimum absolute atomic E-state index is 0.0212. The van der Waals surface area contributed by atoms with Crippen molar-refractivity contribution in [1.82, 2.24) is 24.5 Å². The first kappa shape index (κ1) is 21.4. The van der Waals surface area contributed by atoms with Crippen LogP contribution in [0.15, 0.2) is 83.9 Å². The molecule has 1 fully saturated rings. The lowest BCUT2D eigenvalue weighted by Gasteiger charge is -2.39. The summed E-state index contributed by atoms with van der Waals surface area (Å²) in [6.45, 7) is 1.28. The predicted octanol–water partition coefficient (Wildman–Crippen LogP) is 2.71. The number of pyridine rings is 1. The van der Waals surface area contributed by atoms with E-state index in [9.17, 15) is 9.59 Å². The Morgan fingerprint density at radius 2 is 1.74 bits per heavy atom. The molecule has 2 aromatic carbocycles. The number of hydrogen-bond acceptors (Lipinski definition) is 6. The molecule has 1 saturated heterocycles. The first-order valence-corrected chi connectivity index (χ1v) is 10.9. The van der Waals surface area contributed by atoms with Gasteiger partial charge in [-0.3, -0.25) is 14.2 Å². The maximum Gasteiger partial charge on any atom is 0.259 e. The maximum atomic E-state index is 13.2. The number of rotatable bonds is 7. The quantitative estimate of drug-likeness (QED) is 0.424. The first-order chi connectivity index (χ1) is 16.6. The number of hydrogen-bond donors (Lipinski definition) is 0. The summed E-state index contributed by atoms with van der Waals surface area (Å²) in [5, 5.41) is 8.37. The number of ether oxygens (including phenoxy) is 2. The third-order valence-corrected chi connectivity index (χ3v) is 5.71. The average molecular weight is 457 g/mol. The first-order valence-electron chi connectivity index (χ1n) is 10.9. The molecule has 5 rings (SSSR count). The topological polar surface area (TPSA) is 91.5 Å². The van der Waals surface area contributed by atoms with E-state index in [1.54, 1.807) is 15.8 Å². The van der Waals surface area contributed by atoms with Crippen LogP contribution in [0.4, 0.5) is 0 Å². The summed E-state index contributed by atoms with van der Waals surface area (Å²) in [6, 6.07) is 20.0. The monoisotopic (exact) mass is 457 g/mol. The number of carbonyl (C=O) groups excluding carboxylic acids is 1. The van der Waals surface area contributed by atoms with E-state index in [-0.39, 0.29) is 23.3 Å². The second kappa shape index (κ2) is 9.22. The van der Waals surface area contributed by atoms with Crippen LogP contribution < -0.4 is 15.0 Å². The molecule has 0 saturated carbocycles. The summed E-state index contributed by atoms with van der Waals surface area (Å²) in [6.07, 6.45) is 3.38. The summed E-state index contributed by atoms with van der Waals surface area (Å²) < 4.78 is 14.3. The van der Waals surface area contributed by atoms with E-state index in [0.717, 1.165) is 5.75 Å². The fourth-order valence-electron chi connectivity index (χ4n) is 3.83. The molecular formula is C25H23N5O4. The maximum absolute atomic E-state index is 13.2. The zero-order valence-corrected chi connectivity index (χ0v) is 18.6. The van der Waals surface area contributed by atoms with E-state index >= 15 is 0 Å². The van der Waals surface area contributed by atoms with Gasteiger partial charge >= 0.3 is 0 Å². The van der Waals surface area contributed by atoms with Crippen molar-refractivity contribution in [3.05, 3.63) is 101 Å². The molecular weight excluding hydrogens is 434 g/mol. The Balaban J connectivity index is 1.26. The molecule has 0 radical (unpaired) electrons. The van der Waals surface area contributed by atoms with Gasteiger partial charge in [0.2, 0.25) is 0 Å². The van der Waals surface area contributed by atoms with Gasteiger partial charge in [-0.25, -0.2) is 4.68 Å². The number of amides is 1. The van der Waals surface area contributed by atoms with E-state index in [2.05, 4.69) is 10.3 Å². The summed E-state index contributed by atoms with van der Waals surface area (Å²) in [7, 11) is 1.45. The molecule has 1 aliphatic rings. The zero-order chi connectivity index (χ0) is 23.5. The second-order valence-corrected chi connectivity index (χ2v) is 7.95. The molecule has 0 unspecified atom stereocenters. The molecule has 9 heteroatoms. The number of para-hydroxylation sites is 2. The molecule has 34 heavy (non-hydrogen) atoms. The van der Waals surface area contributed by atoms with Gasteiger partial charge in [-0.15, -0.1) is 5.10 Å². The highest BCUT2D eigenvalue weighted by molar-refractivity contribution is 5.97. The van der Waals surface area contributed by atoms with E-state index in [1.807, 2.05) is 66.9 Å². The lowest BCUT2D eigenvalue weighted by Crippen LogP contribution is -2.51. The van der Waals surface area contributed by atoms with Gasteiger partial charge in [0.1, 0.15) is 23.8 Å². The van der Waals surface area contributed by atoms with Crippen molar-refractivity contribution in [2.45, 2.75) is 12.6 Å². The molecule has 1 amide bonds. The molecule has 3 heterocycles. The number of benzene rings is 2. The Hall–Kier alpha value is -4.40. The fourth-order valence-corrected chi connectivity index (χ4v) is 3.83. The minimum Gasteiger partial charge on any atom is -0.496 e. The number of methoxy groups -OCH3 is 1. The Morgan fingerprint density at radius 3 is 2.44 bits per heavy atom. The fraction of sp³-hybridized carbons (Fsp3) is 0.200. The predicted molar refractivity (Wildman–Crippen MR) is 124 cm³/mol. The molecule has 172 valence electrons. The Kier molecular flexibility index (Phi) is 5.82. The third-order valence-electron chi connectivity index (χ3n) is 5.71. The van der Waals surface area contributed by atoms with E-state index in [0.29, 0.717) is 36.6 Å². The number of likely N-dealkylation sites (tertiary alicyclic amines) is 1. The van der Waals surface area contributed by atoms with Crippen molar-refractivity contribution in [3.8, 4) is 17.2 Å². The number of nitrogens with zero attached hydrogens (tertiary/aromatic N) is 5. The van der Waals surface area contributed by atoms with Gasteiger partial charge in [0.05, 0.1) is 24.9 Å². The van der Waals surface area contributed by atoms with Crippen LogP contribution in [0.25, 0.3) is 5.69 Å². The van der Waals surface area contributed by atoms with Gasteiger partial charge in [0, 0.05) is 31.0 Å². The van der Waals surface area contributed by atoms with Crippen molar-refractivity contribution < 1.29 is 14.3 Å². The Labute approximate surface area is 195 Å². The van der Waals surface area contributed by atoms with Crippen molar-refractivity contribution in [2.24, 2.45) is 0 Å². The minimum atomic E-state index is -0.269. The van der Waals surface area contributed by atoms with Crippen molar-refractivity contribution in [3.63, 3.8) is 0 Å². The molecule has 0 bridgehead atoms. The normalized spacial score (nSPS) is 13.4. The van der Waals surface area contributed by atoms with Crippen LogP contribution in [-0.2, 0) is 6.61 Å². The summed E-state index contributed by atoms with van der Waals surface area (Å²) in [5.74, 6) is 0.820.